The Morgan fingerprint density at radius 3 is 2.32 bits per heavy atom. The molecule has 5 heterocycles. The number of hydrogen-bond donors (Lipinski definition) is 3. The van der Waals surface area contributed by atoms with Gasteiger partial charge in [-0.05, 0) is 77.3 Å². The summed E-state index contributed by atoms with van der Waals surface area (Å²) in [6, 6.07) is 18.3. The van der Waals surface area contributed by atoms with Crippen LogP contribution in [0.3, 0.4) is 0 Å². The second-order valence-corrected chi connectivity index (χ2v) is 15.9. The van der Waals surface area contributed by atoms with E-state index in [-0.39, 0.29) is 29.9 Å². The fourth-order valence-electron chi connectivity index (χ4n) is 8.07. The van der Waals surface area contributed by atoms with Gasteiger partial charge in [0.25, 0.3) is 5.91 Å². The molecule has 59 heavy (non-hydrogen) atoms. The number of piperidine rings is 1. The molecule has 0 spiro atoms. The molecular formula is C42H45BrN10O6. The van der Waals surface area contributed by atoms with Crippen LogP contribution in [0, 0.1) is 0 Å². The standard InChI is InChI=1S/C42H45BrN10O6/c1-26(54)30-5-3-4-6-33(30)45-39-32(43)23-44-42(48-39)46-34-10-8-29(22-36(34)59-2)51-17-19-52(20-18-51)38(56)25-49-13-15-50(16-14-49)28-7-9-31-27(21-28)24-53(41(31)58)35-11-12-37(55)47-40(35)57/h3-10,21-23,35H,11-20,24-25H2,1-2H3,(H,47,55,57)(H2,44,45,46,48). The monoisotopic (exact) mass is 864 g/mol. The number of halogens is 1. The first-order valence-electron chi connectivity index (χ1n) is 19.7. The number of anilines is 6. The van der Waals surface area contributed by atoms with Gasteiger partial charge in [-0.25, -0.2) is 4.98 Å². The maximum atomic E-state index is 13.4. The number of carbonyl (C=O) groups excluding carboxylic acids is 5. The molecule has 3 N–H and O–H groups in total. The predicted octanol–water partition coefficient (Wildman–Crippen LogP) is 4.17. The quantitative estimate of drug-likeness (QED) is 0.145. The fourth-order valence-corrected chi connectivity index (χ4v) is 8.36. The van der Waals surface area contributed by atoms with Gasteiger partial charge >= 0.3 is 0 Å². The molecule has 0 aliphatic carbocycles. The zero-order valence-corrected chi connectivity index (χ0v) is 34.5. The van der Waals surface area contributed by atoms with Crippen molar-refractivity contribution in [1.82, 2.24) is 30.0 Å². The number of hydrogen-bond acceptors (Lipinski definition) is 13. The van der Waals surface area contributed by atoms with E-state index in [2.05, 4.69) is 56.5 Å². The third-order valence-corrected chi connectivity index (χ3v) is 11.9. The van der Waals surface area contributed by atoms with E-state index in [0.717, 1.165) is 43.1 Å². The number of nitrogens with one attached hydrogen (secondary N) is 3. The Morgan fingerprint density at radius 2 is 1.59 bits per heavy atom. The van der Waals surface area contributed by atoms with E-state index >= 15 is 0 Å². The summed E-state index contributed by atoms with van der Waals surface area (Å²) in [4.78, 5) is 82.1. The van der Waals surface area contributed by atoms with Gasteiger partial charge in [0.05, 0.1) is 29.5 Å². The first-order chi connectivity index (χ1) is 28.5. The van der Waals surface area contributed by atoms with Crippen molar-refractivity contribution in [2.45, 2.75) is 32.4 Å². The van der Waals surface area contributed by atoms with Crippen LogP contribution in [0.1, 0.15) is 46.0 Å². The largest absolute Gasteiger partial charge is 0.494 e. The Bertz CT molecular complexity index is 2310. The summed E-state index contributed by atoms with van der Waals surface area (Å²) >= 11 is 3.50. The molecule has 0 radical (unpaired) electrons. The van der Waals surface area contributed by atoms with Crippen LogP contribution in [0.5, 0.6) is 5.75 Å². The number of fused-ring (bicyclic) bond motifs is 1. The van der Waals surface area contributed by atoms with E-state index in [9.17, 15) is 24.0 Å². The molecule has 17 heteroatoms. The normalized spacial score (nSPS) is 18.4. The minimum atomic E-state index is -0.637. The van der Waals surface area contributed by atoms with Crippen molar-refractivity contribution in [3.8, 4) is 5.75 Å². The molecule has 306 valence electrons. The number of aromatic nitrogens is 2. The number of methoxy groups -OCH3 is 1. The molecule has 4 amide bonds. The lowest BCUT2D eigenvalue weighted by atomic mass is 10.0. The number of para-hydroxylation sites is 1. The van der Waals surface area contributed by atoms with Crippen LogP contribution in [0.25, 0.3) is 0 Å². The third-order valence-electron chi connectivity index (χ3n) is 11.3. The average Bonchev–Trinajstić information content (AvgIpc) is 3.57. The fraction of sp³-hybridized carbons (Fsp3) is 0.357. The summed E-state index contributed by atoms with van der Waals surface area (Å²) in [5.41, 5.74) is 5.36. The zero-order chi connectivity index (χ0) is 41.2. The smallest absolute Gasteiger partial charge is 0.255 e. The van der Waals surface area contributed by atoms with Gasteiger partial charge in [-0.1, -0.05) is 12.1 Å². The Balaban J connectivity index is 0.815. The van der Waals surface area contributed by atoms with Crippen LogP contribution in [-0.4, -0.2) is 126 Å². The lowest BCUT2D eigenvalue weighted by molar-refractivity contribution is -0.137. The summed E-state index contributed by atoms with van der Waals surface area (Å²) in [6.45, 7) is 7.79. The molecule has 1 aromatic heterocycles. The molecular weight excluding hydrogens is 820 g/mol. The molecule has 3 fully saturated rings. The minimum Gasteiger partial charge on any atom is -0.494 e. The number of piperazine rings is 2. The van der Waals surface area contributed by atoms with Crippen molar-refractivity contribution in [3.05, 3.63) is 88.0 Å². The lowest BCUT2D eigenvalue weighted by Crippen LogP contribution is -2.54. The van der Waals surface area contributed by atoms with Gasteiger partial charge in [-0.15, -0.1) is 0 Å². The minimum absolute atomic E-state index is 0.0562. The topological polar surface area (TPSA) is 173 Å². The first-order valence-corrected chi connectivity index (χ1v) is 20.5. The summed E-state index contributed by atoms with van der Waals surface area (Å²) in [5.74, 6) is 0.629. The molecule has 0 saturated carbocycles. The van der Waals surface area contributed by atoms with Crippen molar-refractivity contribution in [2.24, 2.45) is 0 Å². The number of Topliss-reactive ketones (excluding diaryl/α,β-unsaturated/α-hetero) is 1. The van der Waals surface area contributed by atoms with E-state index in [1.165, 1.54) is 6.92 Å². The van der Waals surface area contributed by atoms with E-state index in [1.54, 1.807) is 24.3 Å². The summed E-state index contributed by atoms with van der Waals surface area (Å²) in [6.07, 6.45) is 2.20. The van der Waals surface area contributed by atoms with Gasteiger partial charge < -0.3 is 35.0 Å². The molecule has 3 saturated heterocycles. The zero-order valence-electron chi connectivity index (χ0n) is 32.9. The highest BCUT2D eigenvalue weighted by atomic mass is 79.9. The van der Waals surface area contributed by atoms with Gasteiger partial charge in [-0.3, -0.25) is 34.2 Å². The van der Waals surface area contributed by atoms with Crippen LogP contribution < -0.4 is 30.5 Å². The molecule has 0 bridgehead atoms. The molecule has 1 unspecified atom stereocenters. The van der Waals surface area contributed by atoms with E-state index in [0.29, 0.717) is 90.2 Å². The highest BCUT2D eigenvalue weighted by Gasteiger charge is 2.39. The number of nitrogens with zero attached hydrogens (tertiary/aromatic N) is 7. The van der Waals surface area contributed by atoms with Crippen molar-refractivity contribution in [2.75, 3.05) is 86.4 Å². The van der Waals surface area contributed by atoms with Crippen LogP contribution in [-0.2, 0) is 20.9 Å². The SMILES string of the molecule is COc1cc(N2CCN(C(=O)CN3CCN(c4ccc5c(c4)CN(C4CCC(=O)NC4=O)C5=O)CC3)CC2)ccc1Nc1ncc(Br)c(Nc2ccccc2C(C)=O)n1. The summed E-state index contributed by atoms with van der Waals surface area (Å²) < 4.78 is 6.40. The molecule has 1 atom stereocenters. The van der Waals surface area contributed by atoms with E-state index < -0.39 is 11.9 Å². The van der Waals surface area contributed by atoms with Crippen molar-refractivity contribution in [1.29, 1.82) is 0 Å². The number of amides is 4. The van der Waals surface area contributed by atoms with Gasteiger partial charge in [0.2, 0.25) is 23.7 Å². The van der Waals surface area contributed by atoms with E-state index in [1.807, 2.05) is 59.5 Å². The molecule has 3 aromatic carbocycles. The average molecular weight is 866 g/mol. The Hall–Kier alpha value is -6.07. The second-order valence-electron chi connectivity index (χ2n) is 15.0. The van der Waals surface area contributed by atoms with Crippen LogP contribution >= 0.6 is 15.9 Å². The number of imide groups is 1. The Morgan fingerprint density at radius 1 is 0.881 bits per heavy atom. The number of carbonyl (C=O) groups is 5. The maximum Gasteiger partial charge on any atom is 0.255 e. The Labute approximate surface area is 350 Å². The summed E-state index contributed by atoms with van der Waals surface area (Å²) in [7, 11) is 1.61. The number of ketones is 1. The highest BCUT2D eigenvalue weighted by Crippen LogP contribution is 2.34. The predicted molar refractivity (Wildman–Crippen MR) is 226 cm³/mol. The first kappa shape index (κ1) is 39.7. The summed E-state index contributed by atoms with van der Waals surface area (Å²) in [5, 5.41) is 8.84. The van der Waals surface area contributed by atoms with Crippen molar-refractivity contribution in [3.63, 3.8) is 0 Å². The van der Waals surface area contributed by atoms with Gasteiger partial charge in [0.1, 0.15) is 17.6 Å². The second kappa shape index (κ2) is 17.0. The number of benzene rings is 3. The molecule has 4 aliphatic rings. The van der Waals surface area contributed by atoms with E-state index in [4.69, 9.17) is 4.74 Å². The molecule has 4 aromatic rings. The van der Waals surface area contributed by atoms with Crippen LogP contribution in [0.2, 0.25) is 0 Å². The molecule has 16 nitrogen and oxygen atoms in total. The maximum absolute atomic E-state index is 13.4. The lowest BCUT2D eigenvalue weighted by Gasteiger charge is -2.39. The third kappa shape index (κ3) is 8.57. The van der Waals surface area contributed by atoms with Crippen LogP contribution in [0.4, 0.5) is 34.5 Å². The molecule has 4 aliphatic heterocycles. The highest BCUT2D eigenvalue weighted by molar-refractivity contribution is 9.10. The van der Waals surface area contributed by atoms with Crippen molar-refractivity contribution >= 4 is 79.9 Å². The van der Waals surface area contributed by atoms with Gasteiger partial charge in [0, 0.05) is 100 Å². The molecule has 8 rings (SSSR count). The van der Waals surface area contributed by atoms with Gasteiger partial charge in [-0.2, -0.15) is 4.98 Å². The van der Waals surface area contributed by atoms with Gasteiger partial charge in [0.15, 0.2) is 5.78 Å². The Kier molecular flexibility index (Phi) is 11.5. The van der Waals surface area contributed by atoms with Crippen LogP contribution in [0.15, 0.2) is 71.3 Å². The number of ether oxygens (including phenoxy) is 1. The van der Waals surface area contributed by atoms with Crippen molar-refractivity contribution < 1.29 is 28.7 Å². The number of rotatable bonds is 11.